The van der Waals surface area contributed by atoms with Gasteiger partial charge in [0.25, 0.3) is 0 Å². The maximum atomic E-state index is 12.7. The van der Waals surface area contributed by atoms with Crippen molar-refractivity contribution in [3.63, 3.8) is 0 Å². The fraction of sp³-hybridized carbons (Fsp3) is 0.625. The van der Waals surface area contributed by atoms with E-state index in [9.17, 15) is 4.79 Å². The number of ether oxygens (including phenoxy) is 2. The highest BCUT2D eigenvalue weighted by molar-refractivity contribution is 6.83. The van der Waals surface area contributed by atoms with Crippen molar-refractivity contribution in [1.29, 1.82) is 0 Å². The molecule has 0 saturated carbocycles. The minimum Gasteiger partial charge on any atom is -0.490 e. The number of carbonyl (C=O) groups is 1. The standard InChI is InChI=1S/C24H35NO3Si/c1-24(2,3)28-23(26)25-19-10-8-11-20(25)17-22(16-19)27-21-12-7-9-18(15-21)13-14-29(4,5)6/h7,9,12,15,19-20,22H,8,10-11,16-17H2,1-6H3. The number of fused-ring (bicyclic) bond motifs is 2. The van der Waals surface area contributed by atoms with Gasteiger partial charge < -0.3 is 14.4 Å². The smallest absolute Gasteiger partial charge is 0.410 e. The molecule has 2 heterocycles. The van der Waals surface area contributed by atoms with Crippen LogP contribution in [0.15, 0.2) is 24.3 Å². The minimum absolute atomic E-state index is 0.129. The van der Waals surface area contributed by atoms with E-state index in [4.69, 9.17) is 9.47 Å². The number of hydrogen-bond donors (Lipinski definition) is 0. The molecule has 0 N–H and O–H groups in total. The van der Waals surface area contributed by atoms with Gasteiger partial charge in [-0.05, 0) is 58.2 Å². The van der Waals surface area contributed by atoms with Crippen LogP contribution in [-0.2, 0) is 4.74 Å². The van der Waals surface area contributed by atoms with Gasteiger partial charge in [0.1, 0.15) is 25.5 Å². The quantitative estimate of drug-likeness (QED) is 0.467. The molecule has 2 bridgehead atoms. The van der Waals surface area contributed by atoms with Crippen LogP contribution >= 0.6 is 0 Å². The molecule has 3 rings (SSSR count). The lowest BCUT2D eigenvalue weighted by atomic mass is 9.83. The lowest BCUT2D eigenvalue weighted by Crippen LogP contribution is -2.57. The van der Waals surface area contributed by atoms with E-state index in [-0.39, 0.29) is 24.3 Å². The Morgan fingerprint density at radius 2 is 1.79 bits per heavy atom. The van der Waals surface area contributed by atoms with Crippen molar-refractivity contribution in [1.82, 2.24) is 4.90 Å². The van der Waals surface area contributed by atoms with Gasteiger partial charge in [-0.25, -0.2) is 4.79 Å². The fourth-order valence-electron chi connectivity index (χ4n) is 4.14. The Labute approximate surface area is 177 Å². The third kappa shape index (κ3) is 6.27. The second kappa shape index (κ2) is 8.43. The van der Waals surface area contributed by atoms with E-state index in [0.29, 0.717) is 0 Å². The zero-order valence-electron chi connectivity index (χ0n) is 18.7. The van der Waals surface area contributed by atoms with Crippen molar-refractivity contribution in [2.45, 2.75) is 96.3 Å². The van der Waals surface area contributed by atoms with Gasteiger partial charge in [0.2, 0.25) is 0 Å². The number of amides is 1. The summed E-state index contributed by atoms with van der Waals surface area (Å²) in [6.45, 7) is 12.5. The highest BCUT2D eigenvalue weighted by Gasteiger charge is 2.43. The zero-order valence-corrected chi connectivity index (χ0v) is 19.7. The van der Waals surface area contributed by atoms with Gasteiger partial charge in [0.05, 0.1) is 0 Å². The molecule has 2 fully saturated rings. The van der Waals surface area contributed by atoms with Crippen LogP contribution in [0, 0.1) is 11.5 Å². The summed E-state index contributed by atoms with van der Waals surface area (Å²) in [5, 5.41) is 0. The van der Waals surface area contributed by atoms with Crippen molar-refractivity contribution in [2.75, 3.05) is 0 Å². The molecule has 1 amide bonds. The Bertz CT molecular complexity index is 783. The van der Waals surface area contributed by atoms with E-state index >= 15 is 0 Å². The molecule has 4 nitrogen and oxygen atoms in total. The predicted octanol–water partition coefficient (Wildman–Crippen LogP) is 5.61. The van der Waals surface area contributed by atoms with E-state index in [1.54, 1.807) is 0 Å². The summed E-state index contributed by atoms with van der Waals surface area (Å²) in [7, 11) is -1.40. The second-order valence-corrected chi connectivity index (χ2v) is 15.1. The van der Waals surface area contributed by atoms with E-state index < -0.39 is 13.7 Å². The summed E-state index contributed by atoms with van der Waals surface area (Å²) in [6.07, 6.45) is 4.90. The Morgan fingerprint density at radius 1 is 1.14 bits per heavy atom. The van der Waals surface area contributed by atoms with Crippen LogP contribution in [0.5, 0.6) is 5.75 Å². The number of carbonyl (C=O) groups excluding carboxylic acids is 1. The van der Waals surface area contributed by atoms with Crippen LogP contribution in [0.25, 0.3) is 0 Å². The first-order chi connectivity index (χ1) is 13.5. The van der Waals surface area contributed by atoms with Crippen molar-refractivity contribution in [3.8, 4) is 17.2 Å². The van der Waals surface area contributed by atoms with Crippen molar-refractivity contribution < 1.29 is 14.3 Å². The summed E-state index contributed by atoms with van der Waals surface area (Å²) in [5.74, 6) is 4.18. The second-order valence-electron chi connectivity index (χ2n) is 10.4. The van der Waals surface area contributed by atoms with Crippen molar-refractivity contribution in [3.05, 3.63) is 29.8 Å². The van der Waals surface area contributed by atoms with Crippen LogP contribution in [0.2, 0.25) is 19.6 Å². The molecule has 0 radical (unpaired) electrons. The molecular weight excluding hydrogens is 378 g/mol. The SMILES string of the molecule is CC(C)(C)OC(=O)N1C2CCCC1CC(Oc1cccc(C#C[Si](C)(C)C)c1)C2. The average molecular weight is 414 g/mol. The predicted molar refractivity (Wildman–Crippen MR) is 120 cm³/mol. The molecule has 2 saturated heterocycles. The summed E-state index contributed by atoms with van der Waals surface area (Å²) in [5.41, 5.74) is 3.96. The average Bonchev–Trinajstić information content (AvgIpc) is 2.57. The van der Waals surface area contributed by atoms with E-state index in [1.807, 2.05) is 49.9 Å². The molecule has 2 unspecified atom stereocenters. The molecule has 29 heavy (non-hydrogen) atoms. The van der Waals surface area contributed by atoms with Gasteiger partial charge in [-0.3, -0.25) is 0 Å². The molecular formula is C24H35NO3Si. The Balaban J connectivity index is 1.67. The Hall–Kier alpha value is -1.93. The first-order valence-corrected chi connectivity index (χ1v) is 14.3. The van der Waals surface area contributed by atoms with Crippen LogP contribution < -0.4 is 4.74 Å². The van der Waals surface area contributed by atoms with Crippen molar-refractivity contribution in [2.24, 2.45) is 0 Å². The molecule has 2 aliphatic heterocycles. The minimum atomic E-state index is -1.40. The van der Waals surface area contributed by atoms with Gasteiger partial charge in [0, 0.05) is 30.5 Å². The van der Waals surface area contributed by atoms with Crippen LogP contribution in [0.4, 0.5) is 4.79 Å². The third-order valence-corrected chi connectivity index (χ3v) is 6.13. The largest absolute Gasteiger partial charge is 0.490 e. The number of nitrogens with zero attached hydrogens (tertiary/aromatic N) is 1. The van der Waals surface area contributed by atoms with Crippen LogP contribution in [-0.4, -0.2) is 42.9 Å². The lowest BCUT2D eigenvalue weighted by molar-refractivity contribution is -0.0405. The summed E-state index contributed by atoms with van der Waals surface area (Å²) in [4.78, 5) is 14.7. The molecule has 158 valence electrons. The van der Waals surface area contributed by atoms with E-state index in [2.05, 4.69) is 31.1 Å². The number of benzene rings is 1. The molecule has 0 spiro atoms. The Kier molecular flexibility index (Phi) is 6.33. The zero-order chi connectivity index (χ0) is 21.2. The Morgan fingerprint density at radius 3 is 2.38 bits per heavy atom. The molecule has 0 aliphatic carbocycles. The summed E-state index contributed by atoms with van der Waals surface area (Å²) in [6, 6.07) is 8.52. The van der Waals surface area contributed by atoms with Gasteiger partial charge in [-0.1, -0.05) is 31.6 Å². The molecule has 1 aromatic rings. The third-order valence-electron chi connectivity index (χ3n) is 5.25. The molecule has 1 aromatic carbocycles. The van der Waals surface area contributed by atoms with Gasteiger partial charge >= 0.3 is 6.09 Å². The highest BCUT2D eigenvalue weighted by Crippen LogP contribution is 2.36. The van der Waals surface area contributed by atoms with Gasteiger partial charge in [-0.15, -0.1) is 5.54 Å². The maximum Gasteiger partial charge on any atom is 0.410 e. The number of piperidine rings is 2. The van der Waals surface area contributed by atoms with Gasteiger partial charge in [0.15, 0.2) is 0 Å². The monoisotopic (exact) mass is 413 g/mol. The number of rotatable bonds is 2. The van der Waals surface area contributed by atoms with Crippen molar-refractivity contribution >= 4 is 14.2 Å². The fourth-order valence-corrected chi connectivity index (χ4v) is 4.66. The summed E-state index contributed by atoms with van der Waals surface area (Å²) < 4.78 is 12.0. The van der Waals surface area contributed by atoms with E-state index in [0.717, 1.165) is 37.0 Å². The normalized spacial score (nSPS) is 24.3. The highest BCUT2D eigenvalue weighted by atomic mass is 28.3. The molecule has 2 aliphatic rings. The topological polar surface area (TPSA) is 38.8 Å². The first-order valence-electron chi connectivity index (χ1n) is 10.8. The maximum absolute atomic E-state index is 12.7. The van der Waals surface area contributed by atoms with Crippen LogP contribution in [0.1, 0.15) is 58.4 Å². The molecule has 2 atom stereocenters. The van der Waals surface area contributed by atoms with Crippen LogP contribution in [0.3, 0.4) is 0 Å². The number of hydrogen-bond acceptors (Lipinski definition) is 3. The molecule has 0 aromatic heterocycles. The molecule has 5 heteroatoms. The first kappa shape index (κ1) is 21.8. The summed E-state index contributed by atoms with van der Waals surface area (Å²) >= 11 is 0. The van der Waals surface area contributed by atoms with E-state index in [1.165, 1.54) is 6.42 Å². The lowest BCUT2D eigenvalue weighted by Gasteiger charge is -2.48. The van der Waals surface area contributed by atoms with Gasteiger partial charge in [-0.2, -0.15) is 0 Å².